The predicted molar refractivity (Wildman–Crippen MR) is 120 cm³/mol. The van der Waals surface area contributed by atoms with Gasteiger partial charge in [0.05, 0.1) is 11.7 Å². The molecule has 2 aliphatic rings. The molecule has 10 nitrogen and oxygen atoms in total. The second-order valence-electron chi connectivity index (χ2n) is 8.29. The van der Waals surface area contributed by atoms with Gasteiger partial charge in [-0.1, -0.05) is 0 Å². The van der Waals surface area contributed by atoms with Gasteiger partial charge in [0.2, 0.25) is 5.88 Å². The minimum absolute atomic E-state index is 0.461. The molecule has 2 N–H and O–H groups in total. The Balaban J connectivity index is 1.21. The van der Waals surface area contributed by atoms with Gasteiger partial charge in [0.15, 0.2) is 0 Å². The van der Waals surface area contributed by atoms with E-state index in [0.29, 0.717) is 43.4 Å². The molecular weight excluding hydrogens is 422 g/mol. The lowest BCUT2D eigenvalue weighted by Gasteiger charge is -2.44. The first-order valence-corrected chi connectivity index (χ1v) is 10.7. The van der Waals surface area contributed by atoms with E-state index in [1.165, 1.54) is 6.33 Å². The van der Waals surface area contributed by atoms with Crippen molar-refractivity contribution in [1.29, 1.82) is 0 Å². The fraction of sp³-hybridized carbons (Fsp3) is 0.261. The molecule has 1 amide bonds. The number of carbonyl (C=O) groups excluding carboxylic acids is 1. The van der Waals surface area contributed by atoms with Crippen molar-refractivity contribution in [2.75, 3.05) is 23.3 Å². The molecule has 10 heteroatoms. The van der Waals surface area contributed by atoms with Crippen molar-refractivity contribution in [3.8, 4) is 11.6 Å². The molecule has 1 spiro atoms. The minimum Gasteiger partial charge on any atom is -0.439 e. The molecule has 0 radical (unpaired) electrons. The Morgan fingerprint density at radius 3 is 2.91 bits per heavy atom. The summed E-state index contributed by atoms with van der Waals surface area (Å²) in [5, 5.41) is 10.7. The van der Waals surface area contributed by atoms with Crippen molar-refractivity contribution >= 4 is 28.6 Å². The van der Waals surface area contributed by atoms with Crippen LogP contribution in [0.25, 0.3) is 10.9 Å². The third kappa shape index (κ3) is 3.39. The van der Waals surface area contributed by atoms with Crippen molar-refractivity contribution in [2.45, 2.75) is 25.4 Å². The van der Waals surface area contributed by atoms with Crippen molar-refractivity contribution in [3.63, 3.8) is 0 Å². The van der Waals surface area contributed by atoms with Crippen LogP contribution in [0, 0.1) is 6.92 Å². The molecule has 1 aromatic carbocycles. The SMILES string of the molecule is Cc1cc(Oc2cc(N3CCC4(CC3)OC(=O)Nc3ncccc34)ncn2)cc2cn[nH]c12. The van der Waals surface area contributed by atoms with Crippen molar-refractivity contribution in [1.82, 2.24) is 25.1 Å². The molecule has 0 aliphatic carbocycles. The Bertz CT molecular complexity index is 1360. The Labute approximate surface area is 189 Å². The smallest absolute Gasteiger partial charge is 0.413 e. The number of nitrogens with zero attached hydrogens (tertiary/aromatic N) is 5. The summed E-state index contributed by atoms with van der Waals surface area (Å²) in [5.74, 6) is 2.49. The van der Waals surface area contributed by atoms with Gasteiger partial charge in [-0.25, -0.2) is 19.7 Å². The van der Waals surface area contributed by atoms with E-state index in [0.717, 1.165) is 27.8 Å². The molecule has 6 rings (SSSR count). The Hall–Kier alpha value is -4.21. The maximum atomic E-state index is 12.1. The van der Waals surface area contributed by atoms with Gasteiger partial charge in [0.25, 0.3) is 0 Å². The predicted octanol–water partition coefficient (Wildman–Crippen LogP) is 3.91. The van der Waals surface area contributed by atoms with Gasteiger partial charge < -0.3 is 14.4 Å². The topological polar surface area (TPSA) is 118 Å². The first-order chi connectivity index (χ1) is 16.1. The number of hydrogen-bond acceptors (Lipinski definition) is 8. The number of aromatic nitrogens is 5. The number of H-pyrrole nitrogens is 1. The minimum atomic E-state index is -0.674. The number of fused-ring (bicyclic) bond motifs is 3. The number of nitrogens with one attached hydrogen (secondary N) is 2. The summed E-state index contributed by atoms with van der Waals surface area (Å²) in [6.45, 7) is 3.33. The molecule has 0 unspecified atom stereocenters. The normalized spacial score (nSPS) is 16.9. The van der Waals surface area contributed by atoms with Gasteiger partial charge in [-0.15, -0.1) is 0 Å². The van der Waals surface area contributed by atoms with Crippen molar-refractivity contribution in [2.24, 2.45) is 0 Å². The number of amides is 1. The Morgan fingerprint density at radius 1 is 1.15 bits per heavy atom. The van der Waals surface area contributed by atoms with Crippen LogP contribution in [0.4, 0.5) is 16.4 Å². The van der Waals surface area contributed by atoms with E-state index in [2.05, 4.69) is 35.4 Å². The van der Waals surface area contributed by atoms with Crippen LogP contribution in [0.1, 0.15) is 24.0 Å². The van der Waals surface area contributed by atoms with Crippen LogP contribution in [0.15, 0.2) is 49.1 Å². The number of carbonyl (C=O) groups is 1. The highest BCUT2D eigenvalue weighted by atomic mass is 16.6. The summed E-state index contributed by atoms with van der Waals surface area (Å²) >= 11 is 0. The summed E-state index contributed by atoms with van der Waals surface area (Å²) in [6, 6.07) is 9.53. The van der Waals surface area contributed by atoms with E-state index in [1.807, 2.05) is 37.3 Å². The zero-order chi connectivity index (χ0) is 22.4. The molecule has 33 heavy (non-hydrogen) atoms. The zero-order valence-electron chi connectivity index (χ0n) is 17.9. The first-order valence-electron chi connectivity index (χ1n) is 10.7. The van der Waals surface area contributed by atoms with Crippen molar-refractivity contribution < 1.29 is 14.3 Å². The molecule has 0 atom stereocenters. The molecule has 3 aromatic heterocycles. The van der Waals surface area contributed by atoms with Crippen molar-refractivity contribution in [3.05, 3.63) is 60.2 Å². The summed E-state index contributed by atoms with van der Waals surface area (Å²) in [5.41, 5.74) is 2.28. The number of ether oxygens (including phenoxy) is 2. The quantitative estimate of drug-likeness (QED) is 0.489. The van der Waals surface area contributed by atoms with E-state index < -0.39 is 11.7 Å². The first kappa shape index (κ1) is 19.5. The molecule has 1 fully saturated rings. The number of aryl methyl sites for hydroxylation is 1. The van der Waals surface area contributed by atoms with Crippen LogP contribution >= 0.6 is 0 Å². The van der Waals surface area contributed by atoms with E-state index in [4.69, 9.17) is 9.47 Å². The highest BCUT2D eigenvalue weighted by Crippen LogP contribution is 2.43. The molecular formula is C23H21N7O3. The van der Waals surface area contributed by atoms with E-state index in [1.54, 1.807) is 12.4 Å². The fourth-order valence-corrected chi connectivity index (χ4v) is 4.64. The molecule has 5 heterocycles. The second-order valence-corrected chi connectivity index (χ2v) is 8.29. The number of anilines is 2. The maximum absolute atomic E-state index is 12.1. The van der Waals surface area contributed by atoms with Crippen LogP contribution in [0.5, 0.6) is 11.6 Å². The average molecular weight is 443 g/mol. The van der Waals surface area contributed by atoms with E-state index >= 15 is 0 Å². The Morgan fingerprint density at radius 2 is 2.03 bits per heavy atom. The van der Waals surface area contributed by atoms with Gasteiger partial charge in [0, 0.05) is 49.1 Å². The maximum Gasteiger partial charge on any atom is 0.413 e. The summed E-state index contributed by atoms with van der Waals surface area (Å²) in [6.07, 6.45) is 5.75. The highest BCUT2D eigenvalue weighted by Gasteiger charge is 2.45. The number of aromatic amines is 1. The lowest BCUT2D eigenvalue weighted by atomic mass is 9.83. The molecule has 166 valence electrons. The molecule has 0 saturated carbocycles. The van der Waals surface area contributed by atoms with Crippen LogP contribution in [0.3, 0.4) is 0 Å². The number of pyridine rings is 1. The standard InChI is InChI=1S/C23H21N7O3/c1-14-9-16(10-15-12-27-29-20(14)15)32-19-11-18(25-13-26-19)30-7-4-23(5-8-30)17-3-2-6-24-21(17)28-22(31)33-23/h2-3,6,9-13H,4-5,7-8H2,1H3,(H,27,29)(H,24,28,31). The fourth-order valence-electron chi connectivity index (χ4n) is 4.64. The van der Waals surface area contributed by atoms with Gasteiger partial charge in [-0.05, 0) is 36.8 Å². The van der Waals surface area contributed by atoms with Gasteiger partial charge >= 0.3 is 6.09 Å². The van der Waals surface area contributed by atoms with Gasteiger partial charge in [0.1, 0.15) is 29.3 Å². The number of rotatable bonds is 3. The van der Waals surface area contributed by atoms with Crippen LogP contribution in [-0.4, -0.2) is 44.3 Å². The highest BCUT2D eigenvalue weighted by molar-refractivity contribution is 5.87. The third-order valence-electron chi connectivity index (χ3n) is 6.27. The Kier molecular flexibility index (Phi) is 4.39. The second kappa shape index (κ2) is 7.44. The van der Waals surface area contributed by atoms with Crippen LogP contribution in [0.2, 0.25) is 0 Å². The molecule has 1 saturated heterocycles. The largest absolute Gasteiger partial charge is 0.439 e. The third-order valence-corrected chi connectivity index (χ3v) is 6.27. The molecule has 4 aromatic rings. The lowest BCUT2D eigenvalue weighted by molar-refractivity contribution is -0.00853. The van der Waals surface area contributed by atoms with Crippen LogP contribution < -0.4 is 15.0 Å². The van der Waals surface area contributed by atoms with E-state index in [-0.39, 0.29) is 0 Å². The van der Waals surface area contributed by atoms with Gasteiger partial charge in [-0.3, -0.25) is 10.4 Å². The number of hydrogen-bond donors (Lipinski definition) is 2. The van der Waals surface area contributed by atoms with Gasteiger partial charge in [-0.2, -0.15) is 5.10 Å². The average Bonchev–Trinajstić information content (AvgIpc) is 3.29. The molecule has 0 bridgehead atoms. The summed E-state index contributed by atoms with van der Waals surface area (Å²) in [4.78, 5) is 27.3. The summed E-state index contributed by atoms with van der Waals surface area (Å²) in [7, 11) is 0. The number of piperidine rings is 1. The monoisotopic (exact) mass is 443 g/mol. The summed E-state index contributed by atoms with van der Waals surface area (Å²) < 4.78 is 11.8. The lowest BCUT2D eigenvalue weighted by Crippen LogP contribution is -2.48. The zero-order valence-corrected chi connectivity index (χ0v) is 17.9. The molecule has 2 aliphatic heterocycles. The van der Waals surface area contributed by atoms with Crippen LogP contribution in [-0.2, 0) is 10.3 Å². The van der Waals surface area contributed by atoms with E-state index in [9.17, 15) is 4.79 Å². The number of benzene rings is 1.